The van der Waals surface area contributed by atoms with Gasteiger partial charge in [-0.05, 0) is 56.9 Å². The highest BCUT2D eigenvalue weighted by atomic mass is 16.6. The third-order valence-corrected chi connectivity index (χ3v) is 4.45. The Bertz CT molecular complexity index is 583. The van der Waals surface area contributed by atoms with Crippen LogP contribution in [0.25, 0.3) is 0 Å². The van der Waals surface area contributed by atoms with E-state index in [1.807, 2.05) is 0 Å². The predicted molar refractivity (Wildman–Crippen MR) is 91.4 cm³/mol. The lowest BCUT2D eigenvalue weighted by molar-refractivity contribution is -0.385. The van der Waals surface area contributed by atoms with Crippen LogP contribution < -0.4 is 10.1 Å². The molecule has 0 unspecified atom stereocenters. The highest BCUT2D eigenvalue weighted by Gasteiger charge is 2.18. The Morgan fingerprint density at radius 3 is 2.75 bits per heavy atom. The summed E-state index contributed by atoms with van der Waals surface area (Å²) < 4.78 is 4.94. The van der Waals surface area contributed by atoms with E-state index in [9.17, 15) is 14.9 Å². The maximum atomic E-state index is 12.1. The van der Waals surface area contributed by atoms with Crippen LogP contribution in [0.15, 0.2) is 18.2 Å². The molecule has 0 aliphatic carbocycles. The number of methoxy groups -OCH3 is 1. The topological polar surface area (TPSA) is 84.7 Å². The quantitative estimate of drug-likeness (QED) is 0.470. The smallest absolute Gasteiger partial charge is 0.311 e. The van der Waals surface area contributed by atoms with E-state index in [0.29, 0.717) is 6.54 Å². The summed E-state index contributed by atoms with van der Waals surface area (Å²) in [5, 5.41) is 13.8. The van der Waals surface area contributed by atoms with Gasteiger partial charge in [0.05, 0.1) is 12.0 Å². The monoisotopic (exact) mass is 335 g/mol. The molecule has 132 valence electrons. The number of amides is 1. The van der Waals surface area contributed by atoms with Crippen molar-refractivity contribution in [1.29, 1.82) is 0 Å². The number of likely N-dealkylation sites (tertiary alicyclic amines) is 1. The van der Waals surface area contributed by atoms with Gasteiger partial charge in [-0.25, -0.2) is 0 Å². The van der Waals surface area contributed by atoms with Crippen molar-refractivity contribution in [3.05, 3.63) is 33.9 Å². The van der Waals surface area contributed by atoms with Crippen LogP contribution in [0.2, 0.25) is 0 Å². The van der Waals surface area contributed by atoms with Crippen molar-refractivity contribution >= 4 is 11.6 Å². The van der Waals surface area contributed by atoms with Gasteiger partial charge < -0.3 is 15.0 Å². The van der Waals surface area contributed by atoms with Crippen molar-refractivity contribution < 1.29 is 14.5 Å². The Morgan fingerprint density at radius 1 is 1.42 bits per heavy atom. The van der Waals surface area contributed by atoms with E-state index in [2.05, 4.69) is 17.1 Å². The first kappa shape index (κ1) is 18.2. The number of nitrogens with one attached hydrogen (secondary N) is 1. The lowest BCUT2D eigenvalue weighted by atomic mass is 9.99. The van der Waals surface area contributed by atoms with Crippen LogP contribution in [0.1, 0.15) is 36.5 Å². The molecule has 1 fully saturated rings. The van der Waals surface area contributed by atoms with Gasteiger partial charge in [-0.1, -0.05) is 6.92 Å². The van der Waals surface area contributed by atoms with Crippen molar-refractivity contribution in [3.63, 3.8) is 0 Å². The van der Waals surface area contributed by atoms with Gasteiger partial charge in [0.2, 0.25) is 0 Å². The minimum atomic E-state index is -0.549. The van der Waals surface area contributed by atoms with Gasteiger partial charge in [0, 0.05) is 18.2 Å². The van der Waals surface area contributed by atoms with Crippen LogP contribution in [0.5, 0.6) is 5.75 Å². The summed E-state index contributed by atoms with van der Waals surface area (Å²) in [6, 6.07) is 4.23. The summed E-state index contributed by atoms with van der Waals surface area (Å²) >= 11 is 0. The number of benzene rings is 1. The molecule has 0 spiro atoms. The Hall–Kier alpha value is -2.15. The molecule has 7 nitrogen and oxygen atoms in total. The molecule has 1 aliphatic rings. The lowest BCUT2D eigenvalue weighted by Gasteiger charge is -2.30. The molecular weight excluding hydrogens is 310 g/mol. The Balaban J connectivity index is 1.80. The number of nitrogens with zero attached hydrogens (tertiary/aromatic N) is 2. The van der Waals surface area contributed by atoms with Gasteiger partial charge in [-0.2, -0.15) is 0 Å². The van der Waals surface area contributed by atoms with Crippen LogP contribution in [0.3, 0.4) is 0 Å². The van der Waals surface area contributed by atoms with Crippen molar-refractivity contribution in [1.82, 2.24) is 10.2 Å². The number of rotatable bonds is 7. The maximum Gasteiger partial charge on any atom is 0.311 e. The van der Waals surface area contributed by atoms with Gasteiger partial charge in [-0.15, -0.1) is 0 Å². The third kappa shape index (κ3) is 4.92. The molecule has 1 saturated heterocycles. The SMILES string of the molecule is COc1ccc(C(=O)NCCCN2CCC(C)CC2)cc1[N+](=O)[O-]. The highest BCUT2D eigenvalue weighted by molar-refractivity contribution is 5.95. The largest absolute Gasteiger partial charge is 0.490 e. The van der Waals surface area contributed by atoms with E-state index < -0.39 is 4.92 Å². The number of piperidine rings is 1. The summed E-state index contributed by atoms with van der Waals surface area (Å²) in [6.45, 7) is 6.06. The van der Waals surface area contributed by atoms with E-state index in [-0.39, 0.29) is 22.9 Å². The Labute approximate surface area is 142 Å². The van der Waals surface area contributed by atoms with E-state index >= 15 is 0 Å². The van der Waals surface area contributed by atoms with Crippen LogP contribution in [-0.2, 0) is 0 Å². The fourth-order valence-electron chi connectivity index (χ4n) is 2.87. The fourth-order valence-corrected chi connectivity index (χ4v) is 2.87. The molecule has 1 aliphatic heterocycles. The minimum Gasteiger partial charge on any atom is -0.490 e. The molecular formula is C17H25N3O4. The number of carbonyl (C=O) groups excluding carboxylic acids is 1. The number of nitro benzene ring substituents is 1. The molecule has 1 heterocycles. The second-order valence-electron chi connectivity index (χ2n) is 6.28. The molecule has 2 rings (SSSR count). The van der Waals surface area contributed by atoms with Gasteiger partial charge in [0.1, 0.15) is 0 Å². The van der Waals surface area contributed by atoms with Gasteiger partial charge in [0.25, 0.3) is 5.91 Å². The van der Waals surface area contributed by atoms with E-state index in [4.69, 9.17) is 4.74 Å². The second-order valence-corrected chi connectivity index (χ2v) is 6.28. The van der Waals surface area contributed by atoms with Crippen molar-refractivity contribution in [2.75, 3.05) is 33.3 Å². The van der Waals surface area contributed by atoms with Crippen LogP contribution >= 0.6 is 0 Å². The molecule has 0 saturated carbocycles. The minimum absolute atomic E-state index is 0.149. The number of hydrogen-bond acceptors (Lipinski definition) is 5. The Morgan fingerprint density at radius 2 is 2.12 bits per heavy atom. The lowest BCUT2D eigenvalue weighted by Crippen LogP contribution is -2.35. The summed E-state index contributed by atoms with van der Waals surface area (Å²) in [5.41, 5.74) is 0.0712. The molecule has 1 amide bonds. The van der Waals surface area contributed by atoms with Crippen LogP contribution in [0.4, 0.5) is 5.69 Å². The standard InChI is InChI=1S/C17H25N3O4/c1-13-6-10-19(11-7-13)9-3-8-18-17(21)14-4-5-16(24-2)15(12-14)20(22)23/h4-5,12-13H,3,6-11H2,1-2H3,(H,18,21). The number of nitro groups is 1. The normalized spacial score (nSPS) is 15.9. The molecule has 1 aromatic rings. The molecule has 0 radical (unpaired) electrons. The molecule has 1 aromatic carbocycles. The van der Waals surface area contributed by atoms with Gasteiger partial charge in [0.15, 0.2) is 5.75 Å². The molecule has 0 aromatic heterocycles. The summed E-state index contributed by atoms with van der Waals surface area (Å²) in [6.07, 6.45) is 3.35. The summed E-state index contributed by atoms with van der Waals surface area (Å²) in [4.78, 5) is 25.0. The van der Waals surface area contributed by atoms with E-state index in [1.54, 1.807) is 0 Å². The summed E-state index contributed by atoms with van der Waals surface area (Å²) in [5.74, 6) is 0.663. The molecule has 1 N–H and O–H groups in total. The fraction of sp³-hybridized carbons (Fsp3) is 0.588. The molecule has 0 bridgehead atoms. The van der Waals surface area contributed by atoms with Crippen molar-refractivity contribution in [2.45, 2.75) is 26.2 Å². The zero-order chi connectivity index (χ0) is 17.5. The summed E-state index contributed by atoms with van der Waals surface area (Å²) in [7, 11) is 1.36. The third-order valence-electron chi connectivity index (χ3n) is 4.45. The van der Waals surface area contributed by atoms with Crippen molar-refractivity contribution in [2.24, 2.45) is 5.92 Å². The number of ether oxygens (including phenoxy) is 1. The van der Waals surface area contributed by atoms with Gasteiger partial charge >= 0.3 is 5.69 Å². The Kier molecular flexibility index (Phi) is 6.54. The first-order valence-electron chi connectivity index (χ1n) is 8.34. The first-order valence-corrected chi connectivity index (χ1v) is 8.34. The van der Waals surface area contributed by atoms with Crippen LogP contribution in [0, 0.1) is 16.0 Å². The molecule has 0 atom stereocenters. The average molecular weight is 335 g/mol. The number of hydrogen-bond donors (Lipinski definition) is 1. The molecule has 24 heavy (non-hydrogen) atoms. The maximum absolute atomic E-state index is 12.1. The van der Waals surface area contributed by atoms with Crippen molar-refractivity contribution in [3.8, 4) is 5.75 Å². The predicted octanol–water partition coefficient (Wildman–Crippen LogP) is 2.46. The number of carbonyl (C=O) groups is 1. The van der Waals surface area contributed by atoms with Gasteiger partial charge in [-0.3, -0.25) is 14.9 Å². The zero-order valence-electron chi connectivity index (χ0n) is 14.3. The molecule has 7 heteroatoms. The average Bonchev–Trinajstić information content (AvgIpc) is 2.59. The first-order chi connectivity index (χ1) is 11.5. The van der Waals surface area contributed by atoms with Crippen LogP contribution in [-0.4, -0.2) is 49.0 Å². The second kappa shape index (κ2) is 8.63. The van der Waals surface area contributed by atoms with E-state index in [0.717, 1.165) is 32.0 Å². The zero-order valence-corrected chi connectivity index (χ0v) is 14.3. The highest BCUT2D eigenvalue weighted by Crippen LogP contribution is 2.27. The van der Waals surface area contributed by atoms with E-state index in [1.165, 1.54) is 38.2 Å².